The van der Waals surface area contributed by atoms with E-state index >= 15 is 0 Å². The van der Waals surface area contributed by atoms with E-state index < -0.39 is 5.97 Å². The molecule has 6 heteroatoms. The van der Waals surface area contributed by atoms with Crippen molar-refractivity contribution in [3.8, 4) is 17.0 Å². The summed E-state index contributed by atoms with van der Waals surface area (Å²) in [7, 11) is 0. The van der Waals surface area contributed by atoms with Gasteiger partial charge in [0, 0.05) is 16.7 Å². The molecule has 2 aromatic rings. The second kappa shape index (κ2) is 4.70. The molecule has 0 saturated carbocycles. The van der Waals surface area contributed by atoms with Gasteiger partial charge in [-0.1, -0.05) is 23.7 Å². The van der Waals surface area contributed by atoms with Gasteiger partial charge >= 0.3 is 5.97 Å². The number of carbonyl (C=O) groups is 1. The Morgan fingerprint density at radius 1 is 1.44 bits per heavy atom. The highest BCUT2D eigenvalue weighted by Crippen LogP contribution is 2.35. The number of carboxylic acid groups (broad SMARTS) is 1. The van der Waals surface area contributed by atoms with Crippen LogP contribution in [0.3, 0.4) is 0 Å². The van der Waals surface area contributed by atoms with Gasteiger partial charge < -0.3 is 14.7 Å². The number of aryl methyl sites for hydroxylation is 1. The molecule has 0 unspecified atom stereocenters. The molecular weight excluding hydrogens is 258 g/mol. The second-order valence-electron chi connectivity index (χ2n) is 3.70. The zero-order valence-electron chi connectivity index (χ0n) is 9.48. The van der Waals surface area contributed by atoms with Crippen molar-refractivity contribution in [2.75, 3.05) is 0 Å². The van der Waals surface area contributed by atoms with Crippen molar-refractivity contribution in [2.24, 2.45) is 0 Å². The molecule has 2 rings (SSSR count). The predicted octanol–water partition coefficient (Wildman–Crippen LogP) is 2.96. The molecule has 5 nitrogen and oxygen atoms in total. The molecule has 1 aromatic carbocycles. The SMILES string of the molecule is CCc1cc(Cl)cc(-c2cc(C(=O)O)on2)c1O. The van der Waals surface area contributed by atoms with E-state index in [1.807, 2.05) is 6.92 Å². The third-order valence-corrected chi connectivity index (χ3v) is 2.75. The number of aromatic nitrogens is 1. The van der Waals surface area contributed by atoms with Crippen LogP contribution < -0.4 is 0 Å². The van der Waals surface area contributed by atoms with Crippen LogP contribution in [0, 0.1) is 0 Å². The average Bonchev–Trinajstić information content (AvgIpc) is 2.81. The summed E-state index contributed by atoms with van der Waals surface area (Å²) in [6.07, 6.45) is 0.600. The summed E-state index contributed by atoms with van der Waals surface area (Å²) in [5.41, 5.74) is 1.26. The van der Waals surface area contributed by atoms with Gasteiger partial charge in [0.1, 0.15) is 11.4 Å². The van der Waals surface area contributed by atoms with Crippen LogP contribution in [-0.2, 0) is 6.42 Å². The predicted molar refractivity (Wildman–Crippen MR) is 65.0 cm³/mol. The average molecular weight is 268 g/mol. The summed E-state index contributed by atoms with van der Waals surface area (Å²) in [6.45, 7) is 1.88. The van der Waals surface area contributed by atoms with Crippen molar-refractivity contribution in [1.29, 1.82) is 0 Å². The van der Waals surface area contributed by atoms with Gasteiger partial charge in [-0.15, -0.1) is 0 Å². The summed E-state index contributed by atoms with van der Waals surface area (Å²) >= 11 is 5.93. The Hall–Kier alpha value is -2.01. The van der Waals surface area contributed by atoms with Crippen LogP contribution in [-0.4, -0.2) is 21.3 Å². The van der Waals surface area contributed by atoms with E-state index in [2.05, 4.69) is 9.68 Å². The molecular formula is C12H10ClNO4. The number of phenolic OH excluding ortho intramolecular Hbond substituents is 1. The standard InChI is InChI=1S/C12H10ClNO4/c1-2-6-3-7(13)4-8(11(6)15)9-5-10(12(16)17)18-14-9/h3-5,15H,2H2,1H3,(H,16,17). The Labute approximate surface area is 108 Å². The molecule has 1 heterocycles. The van der Waals surface area contributed by atoms with E-state index in [1.165, 1.54) is 12.1 Å². The van der Waals surface area contributed by atoms with Gasteiger partial charge in [-0.2, -0.15) is 0 Å². The Kier molecular flexibility index (Phi) is 3.25. The normalized spacial score (nSPS) is 10.6. The summed E-state index contributed by atoms with van der Waals surface area (Å²) in [4.78, 5) is 10.7. The maximum atomic E-state index is 10.7. The molecule has 0 aliphatic carbocycles. The first-order valence-corrected chi connectivity index (χ1v) is 5.62. The Bertz CT molecular complexity index is 606. The second-order valence-corrected chi connectivity index (χ2v) is 4.13. The number of halogens is 1. The molecule has 0 spiro atoms. The lowest BCUT2D eigenvalue weighted by Crippen LogP contribution is -1.91. The maximum absolute atomic E-state index is 10.7. The number of hydrogen-bond acceptors (Lipinski definition) is 4. The fourth-order valence-corrected chi connectivity index (χ4v) is 1.86. The summed E-state index contributed by atoms with van der Waals surface area (Å²) < 4.78 is 4.65. The largest absolute Gasteiger partial charge is 0.507 e. The Balaban J connectivity index is 2.55. The molecule has 18 heavy (non-hydrogen) atoms. The van der Waals surface area contributed by atoms with E-state index in [0.29, 0.717) is 22.6 Å². The monoisotopic (exact) mass is 267 g/mol. The maximum Gasteiger partial charge on any atom is 0.374 e. The number of benzene rings is 1. The van der Waals surface area contributed by atoms with Gasteiger partial charge in [-0.3, -0.25) is 0 Å². The van der Waals surface area contributed by atoms with Crippen LogP contribution in [0.25, 0.3) is 11.3 Å². The van der Waals surface area contributed by atoms with Crippen LogP contribution in [0.5, 0.6) is 5.75 Å². The third-order valence-electron chi connectivity index (χ3n) is 2.53. The van der Waals surface area contributed by atoms with E-state index in [0.717, 1.165) is 0 Å². The van der Waals surface area contributed by atoms with Crippen LogP contribution in [0.1, 0.15) is 23.0 Å². The van der Waals surface area contributed by atoms with Gasteiger partial charge in [0.25, 0.3) is 0 Å². The topological polar surface area (TPSA) is 83.6 Å². The zero-order valence-corrected chi connectivity index (χ0v) is 10.2. The molecule has 0 amide bonds. The third kappa shape index (κ3) is 2.17. The molecule has 0 atom stereocenters. The van der Waals surface area contributed by atoms with E-state index in [1.54, 1.807) is 6.07 Å². The fraction of sp³-hybridized carbons (Fsp3) is 0.167. The Morgan fingerprint density at radius 2 is 2.17 bits per heavy atom. The summed E-state index contributed by atoms with van der Waals surface area (Å²) in [5, 5.41) is 22.8. The highest BCUT2D eigenvalue weighted by molar-refractivity contribution is 6.31. The smallest absolute Gasteiger partial charge is 0.374 e. The van der Waals surface area contributed by atoms with Crippen LogP contribution in [0.15, 0.2) is 22.7 Å². The van der Waals surface area contributed by atoms with Gasteiger partial charge in [-0.05, 0) is 24.1 Å². The van der Waals surface area contributed by atoms with Crippen molar-refractivity contribution >= 4 is 17.6 Å². The summed E-state index contributed by atoms with van der Waals surface area (Å²) in [5.74, 6) is -1.47. The minimum atomic E-state index is -1.22. The minimum absolute atomic E-state index is 0.0344. The number of aromatic carboxylic acids is 1. The molecule has 0 fully saturated rings. The molecule has 0 saturated heterocycles. The molecule has 0 bridgehead atoms. The number of rotatable bonds is 3. The number of hydrogen-bond donors (Lipinski definition) is 2. The highest BCUT2D eigenvalue weighted by Gasteiger charge is 2.17. The van der Waals surface area contributed by atoms with Crippen molar-refractivity contribution in [2.45, 2.75) is 13.3 Å². The lowest BCUT2D eigenvalue weighted by atomic mass is 10.0. The van der Waals surface area contributed by atoms with Gasteiger partial charge in [0.15, 0.2) is 0 Å². The lowest BCUT2D eigenvalue weighted by molar-refractivity contribution is 0.0652. The number of carboxylic acids is 1. The molecule has 0 aliphatic rings. The van der Waals surface area contributed by atoms with Crippen molar-refractivity contribution in [3.05, 3.63) is 34.5 Å². The minimum Gasteiger partial charge on any atom is -0.507 e. The van der Waals surface area contributed by atoms with Crippen LogP contribution in [0.2, 0.25) is 5.02 Å². The van der Waals surface area contributed by atoms with Crippen molar-refractivity contribution in [1.82, 2.24) is 5.16 Å². The molecule has 2 N–H and O–H groups in total. The molecule has 94 valence electrons. The van der Waals surface area contributed by atoms with Crippen molar-refractivity contribution < 1.29 is 19.5 Å². The van der Waals surface area contributed by atoms with E-state index in [9.17, 15) is 9.90 Å². The zero-order chi connectivity index (χ0) is 13.3. The number of phenols is 1. The lowest BCUT2D eigenvalue weighted by Gasteiger charge is -2.06. The van der Waals surface area contributed by atoms with Gasteiger partial charge in [0.05, 0.1) is 0 Å². The number of aromatic hydroxyl groups is 1. The van der Waals surface area contributed by atoms with Crippen LogP contribution >= 0.6 is 11.6 Å². The van der Waals surface area contributed by atoms with Gasteiger partial charge in [-0.25, -0.2) is 4.79 Å². The molecule has 0 aliphatic heterocycles. The first kappa shape index (κ1) is 12.4. The molecule has 1 aromatic heterocycles. The quantitative estimate of drug-likeness (QED) is 0.893. The molecule has 0 radical (unpaired) electrons. The van der Waals surface area contributed by atoms with E-state index in [-0.39, 0.29) is 17.2 Å². The number of nitrogens with zero attached hydrogens (tertiary/aromatic N) is 1. The summed E-state index contributed by atoms with van der Waals surface area (Å²) in [6, 6.07) is 4.41. The Morgan fingerprint density at radius 3 is 2.72 bits per heavy atom. The van der Waals surface area contributed by atoms with E-state index in [4.69, 9.17) is 16.7 Å². The first-order valence-electron chi connectivity index (χ1n) is 5.24. The first-order chi connectivity index (χ1) is 8.52. The van der Waals surface area contributed by atoms with Crippen LogP contribution in [0.4, 0.5) is 0 Å². The fourth-order valence-electron chi connectivity index (χ4n) is 1.62. The highest BCUT2D eigenvalue weighted by atomic mass is 35.5. The van der Waals surface area contributed by atoms with Crippen molar-refractivity contribution in [3.63, 3.8) is 0 Å². The van der Waals surface area contributed by atoms with Gasteiger partial charge in [0.2, 0.25) is 5.76 Å².